The van der Waals surface area contributed by atoms with Gasteiger partial charge in [-0.25, -0.2) is 0 Å². The summed E-state index contributed by atoms with van der Waals surface area (Å²) in [5.74, 6) is 0.687. The van der Waals surface area contributed by atoms with Gasteiger partial charge in [-0.3, -0.25) is 4.79 Å². The quantitative estimate of drug-likeness (QED) is 0.908. The van der Waals surface area contributed by atoms with Gasteiger partial charge < -0.3 is 19.5 Å². The molecular formula is C15H21NO4. The van der Waals surface area contributed by atoms with Crippen LogP contribution in [0, 0.1) is 6.92 Å². The molecule has 1 aromatic carbocycles. The van der Waals surface area contributed by atoms with Crippen LogP contribution in [0.5, 0.6) is 5.75 Å². The molecule has 1 saturated heterocycles. The van der Waals surface area contributed by atoms with E-state index in [0.717, 1.165) is 17.7 Å². The first-order valence-electron chi connectivity index (χ1n) is 6.71. The zero-order chi connectivity index (χ0) is 14.5. The zero-order valence-corrected chi connectivity index (χ0v) is 12.1. The highest BCUT2D eigenvalue weighted by atomic mass is 16.5. The summed E-state index contributed by atoms with van der Waals surface area (Å²) in [6.07, 6.45) is 0.673. The summed E-state index contributed by atoms with van der Waals surface area (Å²) in [7, 11) is 3.25. The van der Waals surface area contributed by atoms with Crippen molar-refractivity contribution in [1.82, 2.24) is 5.32 Å². The predicted molar refractivity (Wildman–Crippen MR) is 75.2 cm³/mol. The Morgan fingerprint density at radius 3 is 2.85 bits per heavy atom. The topological polar surface area (TPSA) is 56.8 Å². The second kappa shape index (κ2) is 6.72. The number of benzene rings is 1. The Hall–Kier alpha value is -1.59. The summed E-state index contributed by atoms with van der Waals surface area (Å²) in [6, 6.07) is 5.39. The van der Waals surface area contributed by atoms with Crippen LogP contribution < -0.4 is 10.1 Å². The maximum atomic E-state index is 12.3. The van der Waals surface area contributed by atoms with Crippen molar-refractivity contribution in [1.29, 1.82) is 0 Å². The molecule has 110 valence electrons. The van der Waals surface area contributed by atoms with Crippen LogP contribution in [-0.4, -0.2) is 45.5 Å². The molecule has 1 amide bonds. The number of hydrogen-bond acceptors (Lipinski definition) is 4. The van der Waals surface area contributed by atoms with Gasteiger partial charge in [0.15, 0.2) is 0 Å². The number of ether oxygens (including phenoxy) is 3. The average molecular weight is 279 g/mol. The number of amides is 1. The summed E-state index contributed by atoms with van der Waals surface area (Å²) in [4.78, 5) is 12.3. The first-order chi connectivity index (χ1) is 9.65. The summed E-state index contributed by atoms with van der Waals surface area (Å²) < 4.78 is 15.9. The summed E-state index contributed by atoms with van der Waals surface area (Å²) in [5.41, 5.74) is 1.57. The normalized spacial score (nSPS) is 22.4. The molecule has 0 aromatic heterocycles. The van der Waals surface area contributed by atoms with E-state index in [1.165, 1.54) is 0 Å². The van der Waals surface area contributed by atoms with Crippen molar-refractivity contribution in [3.05, 3.63) is 29.3 Å². The minimum atomic E-state index is -0.0929. The van der Waals surface area contributed by atoms with Gasteiger partial charge in [0.2, 0.25) is 0 Å². The third-order valence-corrected chi connectivity index (χ3v) is 3.58. The van der Waals surface area contributed by atoms with E-state index in [0.29, 0.717) is 18.8 Å². The van der Waals surface area contributed by atoms with E-state index < -0.39 is 0 Å². The molecule has 2 atom stereocenters. The number of rotatable bonds is 4. The third-order valence-electron chi connectivity index (χ3n) is 3.58. The molecule has 0 bridgehead atoms. The standard InChI is InChI=1S/C15H21NO4/c1-10-8-11(4-5-13(10)18-2)15(17)16-12-6-7-20-9-14(12)19-3/h4-5,8,12,14H,6-7,9H2,1-3H3,(H,16,17)/t12-,14-/m1/s1. The van der Waals surface area contributed by atoms with E-state index in [-0.39, 0.29) is 18.1 Å². The van der Waals surface area contributed by atoms with Gasteiger partial charge >= 0.3 is 0 Å². The number of aryl methyl sites for hydroxylation is 1. The van der Waals surface area contributed by atoms with Crippen LogP contribution in [0.2, 0.25) is 0 Å². The van der Waals surface area contributed by atoms with Gasteiger partial charge in [-0.15, -0.1) is 0 Å². The molecule has 0 unspecified atom stereocenters. The molecule has 1 aromatic rings. The molecule has 5 heteroatoms. The second-order valence-electron chi connectivity index (χ2n) is 4.90. The lowest BCUT2D eigenvalue weighted by Gasteiger charge is -2.31. The van der Waals surface area contributed by atoms with E-state index in [1.54, 1.807) is 20.3 Å². The van der Waals surface area contributed by atoms with Gasteiger partial charge in [0.1, 0.15) is 11.9 Å². The SMILES string of the molecule is COc1ccc(C(=O)N[C@@H]2CCOC[C@H]2OC)cc1C. The molecule has 5 nitrogen and oxygen atoms in total. The molecule has 0 saturated carbocycles. The molecular weight excluding hydrogens is 258 g/mol. The molecule has 1 heterocycles. The van der Waals surface area contributed by atoms with Crippen molar-refractivity contribution in [2.24, 2.45) is 0 Å². The molecule has 1 N–H and O–H groups in total. The Labute approximate surface area is 119 Å². The molecule has 1 aliphatic heterocycles. The van der Waals surface area contributed by atoms with Crippen LogP contribution in [-0.2, 0) is 9.47 Å². The summed E-state index contributed by atoms with van der Waals surface area (Å²) in [6.45, 7) is 3.08. The molecule has 0 aliphatic carbocycles. The van der Waals surface area contributed by atoms with Gasteiger partial charge in [-0.1, -0.05) is 0 Å². The van der Waals surface area contributed by atoms with Gasteiger partial charge in [0, 0.05) is 19.3 Å². The Balaban J connectivity index is 2.05. The van der Waals surface area contributed by atoms with Gasteiger partial charge in [0.05, 0.1) is 19.8 Å². The van der Waals surface area contributed by atoms with E-state index in [9.17, 15) is 4.79 Å². The van der Waals surface area contributed by atoms with Crippen molar-refractivity contribution >= 4 is 5.91 Å². The van der Waals surface area contributed by atoms with E-state index in [2.05, 4.69) is 5.32 Å². The van der Waals surface area contributed by atoms with Crippen LogP contribution >= 0.6 is 0 Å². The Morgan fingerprint density at radius 1 is 1.40 bits per heavy atom. The second-order valence-corrected chi connectivity index (χ2v) is 4.90. The summed E-state index contributed by atoms with van der Waals surface area (Å²) >= 11 is 0. The maximum Gasteiger partial charge on any atom is 0.251 e. The first kappa shape index (κ1) is 14.8. The molecule has 2 rings (SSSR count). The van der Waals surface area contributed by atoms with Crippen LogP contribution in [0.1, 0.15) is 22.3 Å². The average Bonchev–Trinajstić information content (AvgIpc) is 2.47. The van der Waals surface area contributed by atoms with E-state index in [4.69, 9.17) is 14.2 Å². The monoisotopic (exact) mass is 279 g/mol. The molecule has 20 heavy (non-hydrogen) atoms. The molecule has 0 radical (unpaired) electrons. The Bertz CT molecular complexity index is 475. The highest BCUT2D eigenvalue weighted by Gasteiger charge is 2.27. The van der Waals surface area contributed by atoms with Crippen LogP contribution in [0.3, 0.4) is 0 Å². The van der Waals surface area contributed by atoms with Crippen molar-refractivity contribution in [2.75, 3.05) is 27.4 Å². The van der Waals surface area contributed by atoms with E-state index in [1.807, 2.05) is 19.1 Å². The van der Waals surface area contributed by atoms with Crippen molar-refractivity contribution in [2.45, 2.75) is 25.5 Å². The van der Waals surface area contributed by atoms with Gasteiger partial charge in [-0.05, 0) is 37.1 Å². The lowest BCUT2D eigenvalue weighted by molar-refractivity contribution is -0.0479. The minimum Gasteiger partial charge on any atom is -0.496 e. The predicted octanol–water partition coefficient (Wildman–Crippen LogP) is 1.54. The number of carbonyl (C=O) groups is 1. The fraction of sp³-hybridized carbons (Fsp3) is 0.533. The van der Waals surface area contributed by atoms with Gasteiger partial charge in [0.25, 0.3) is 5.91 Å². The largest absolute Gasteiger partial charge is 0.496 e. The minimum absolute atomic E-state index is 0.0105. The zero-order valence-electron chi connectivity index (χ0n) is 12.1. The molecule has 1 aliphatic rings. The lowest BCUT2D eigenvalue weighted by atomic mass is 10.0. The van der Waals surface area contributed by atoms with Gasteiger partial charge in [-0.2, -0.15) is 0 Å². The fourth-order valence-corrected chi connectivity index (χ4v) is 2.38. The van der Waals surface area contributed by atoms with Crippen molar-refractivity contribution in [3.63, 3.8) is 0 Å². The number of nitrogens with one attached hydrogen (secondary N) is 1. The first-order valence-corrected chi connectivity index (χ1v) is 6.71. The van der Waals surface area contributed by atoms with Crippen LogP contribution in [0.4, 0.5) is 0 Å². The third kappa shape index (κ3) is 3.29. The highest BCUT2D eigenvalue weighted by molar-refractivity contribution is 5.94. The van der Waals surface area contributed by atoms with Crippen LogP contribution in [0.15, 0.2) is 18.2 Å². The molecule has 1 fully saturated rings. The van der Waals surface area contributed by atoms with E-state index >= 15 is 0 Å². The van der Waals surface area contributed by atoms with Crippen LogP contribution in [0.25, 0.3) is 0 Å². The fourth-order valence-electron chi connectivity index (χ4n) is 2.38. The number of carbonyl (C=O) groups excluding carboxylic acids is 1. The smallest absolute Gasteiger partial charge is 0.251 e. The summed E-state index contributed by atoms with van der Waals surface area (Å²) in [5, 5.41) is 3.02. The van der Waals surface area contributed by atoms with Crippen molar-refractivity contribution < 1.29 is 19.0 Å². The highest BCUT2D eigenvalue weighted by Crippen LogP contribution is 2.19. The Morgan fingerprint density at radius 2 is 2.20 bits per heavy atom. The molecule has 0 spiro atoms. The lowest BCUT2D eigenvalue weighted by Crippen LogP contribution is -2.49. The maximum absolute atomic E-state index is 12.3. The number of hydrogen-bond donors (Lipinski definition) is 1. The Kier molecular flexibility index (Phi) is 4.98. The van der Waals surface area contributed by atoms with Crippen molar-refractivity contribution in [3.8, 4) is 5.75 Å². The number of methoxy groups -OCH3 is 2.